The smallest absolute Gasteiger partial charge is 0.241 e. The highest BCUT2D eigenvalue weighted by Crippen LogP contribution is 2.75. The van der Waals surface area contributed by atoms with E-state index in [-0.39, 0.29) is 28.0 Å². The number of nitrogens with zero attached hydrogens (tertiary/aromatic N) is 3. The van der Waals surface area contributed by atoms with E-state index in [4.69, 9.17) is 0 Å². The molecule has 0 radical (unpaired) electrons. The molecule has 192 valence electrons. The van der Waals surface area contributed by atoms with Gasteiger partial charge < -0.3 is 15.1 Å². The number of piperazine rings is 1. The van der Waals surface area contributed by atoms with Crippen molar-refractivity contribution in [3.8, 4) is 0 Å². The lowest BCUT2D eigenvalue weighted by Crippen LogP contribution is -2.50. The number of sulfonamides is 1. The van der Waals surface area contributed by atoms with Gasteiger partial charge in [-0.1, -0.05) is 13.8 Å². The summed E-state index contributed by atoms with van der Waals surface area (Å²) < 4.78 is 29.5. The van der Waals surface area contributed by atoms with Crippen LogP contribution in [0.15, 0.2) is 29.2 Å². The zero-order chi connectivity index (χ0) is 25.5. The fraction of sp³-hybridized carbons (Fsp3) is 0.577. The molecule has 1 aliphatic heterocycles. The van der Waals surface area contributed by atoms with Crippen LogP contribution in [0.5, 0.6) is 0 Å². The minimum atomic E-state index is -3.75. The summed E-state index contributed by atoms with van der Waals surface area (Å²) in [7, 11) is -3.75. The van der Waals surface area contributed by atoms with Crippen LogP contribution in [0.4, 0.5) is 11.5 Å². The van der Waals surface area contributed by atoms with Gasteiger partial charge in [-0.2, -0.15) is 0 Å². The molecule has 2 amide bonds. The van der Waals surface area contributed by atoms with E-state index in [2.05, 4.69) is 19.9 Å². The van der Waals surface area contributed by atoms with Crippen molar-refractivity contribution in [3.63, 3.8) is 0 Å². The number of rotatable bonds is 7. The number of carbonyl (C=O) groups is 2. The minimum Gasteiger partial charge on any atom is -0.367 e. The average Bonchev–Trinajstić information content (AvgIpc) is 3.75. The van der Waals surface area contributed by atoms with Gasteiger partial charge in [-0.15, -0.1) is 0 Å². The van der Waals surface area contributed by atoms with Crippen molar-refractivity contribution in [1.29, 1.82) is 0 Å². The maximum atomic E-state index is 13.3. The maximum absolute atomic E-state index is 13.3. The summed E-state index contributed by atoms with van der Waals surface area (Å²) in [4.78, 5) is 33.9. The summed E-state index contributed by atoms with van der Waals surface area (Å²) in [5, 5.41) is 3.76. The Kier molecular flexibility index (Phi) is 5.18. The molecule has 10 heteroatoms. The predicted molar refractivity (Wildman–Crippen MR) is 137 cm³/mol. The fourth-order valence-corrected chi connectivity index (χ4v) is 6.70. The van der Waals surface area contributed by atoms with Crippen LogP contribution in [0.3, 0.4) is 0 Å². The van der Waals surface area contributed by atoms with Crippen molar-refractivity contribution in [2.45, 2.75) is 56.9 Å². The van der Waals surface area contributed by atoms with Crippen molar-refractivity contribution in [2.75, 3.05) is 36.4 Å². The third kappa shape index (κ3) is 4.14. The maximum Gasteiger partial charge on any atom is 0.241 e. The van der Waals surface area contributed by atoms with Gasteiger partial charge >= 0.3 is 0 Å². The molecule has 3 saturated carbocycles. The lowest BCUT2D eigenvalue weighted by Gasteiger charge is -2.37. The first-order chi connectivity index (χ1) is 17.0. The molecule has 4 aliphatic rings. The first-order valence-electron chi connectivity index (χ1n) is 12.8. The first kappa shape index (κ1) is 23.7. The van der Waals surface area contributed by atoms with E-state index < -0.39 is 15.6 Å². The van der Waals surface area contributed by atoms with Gasteiger partial charge in [0.2, 0.25) is 21.8 Å². The molecule has 36 heavy (non-hydrogen) atoms. The number of aromatic nitrogens is 1. The fourth-order valence-electron chi connectivity index (χ4n) is 5.20. The van der Waals surface area contributed by atoms with Crippen LogP contribution in [-0.2, 0) is 19.6 Å². The van der Waals surface area contributed by atoms with Crippen LogP contribution >= 0.6 is 0 Å². The van der Waals surface area contributed by atoms with Gasteiger partial charge in [-0.25, -0.2) is 18.1 Å². The van der Waals surface area contributed by atoms with E-state index in [1.54, 1.807) is 18.2 Å². The van der Waals surface area contributed by atoms with Crippen molar-refractivity contribution in [2.24, 2.45) is 17.3 Å². The summed E-state index contributed by atoms with van der Waals surface area (Å²) in [5.41, 5.74) is 0.723. The van der Waals surface area contributed by atoms with E-state index in [0.717, 1.165) is 36.8 Å². The van der Waals surface area contributed by atoms with Gasteiger partial charge in [0.1, 0.15) is 5.82 Å². The number of hydrogen-bond donors (Lipinski definition) is 2. The molecular formula is C26H33N5O4S. The molecule has 1 aromatic carbocycles. The Hall–Kier alpha value is -2.72. The molecule has 0 spiro atoms. The van der Waals surface area contributed by atoms with Crippen LogP contribution in [0, 0.1) is 17.3 Å². The summed E-state index contributed by atoms with van der Waals surface area (Å²) >= 11 is 0. The van der Waals surface area contributed by atoms with Crippen molar-refractivity contribution < 1.29 is 18.0 Å². The third-order valence-corrected chi connectivity index (χ3v) is 9.87. The van der Waals surface area contributed by atoms with Gasteiger partial charge in [0, 0.05) is 48.7 Å². The normalized spacial score (nSPS) is 26.1. The molecule has 6 rings (SSSR count). The molecule has 0 unspecified atom stereocenters. The van der Waals surface area contributed by atoms with Gasteiger partial charge in [-0.3, -0.25) is 9.59 Å². The van der Waals surface area contributed by atoms with E-state index in [1.165, 1.54) is 0 Å². The molecule has 1 saturated heterocycles. The second kappa shape index (κ2) is 7.89. The van der Waals surface area contributed by atoms with E-state index >= 15 is 0 Å². The monoisotopic (exact) mass is 511 g/mol. The Morgan fingerprint density at radius 1 is 1.08 bits per heavy atom. The Labute approximate surface area is 211 Å². The van der Waals surface area contributed by atoms with Crippen molar-refractivity contribution in [1.82, 2.24) is 14.6 Å². The number of pyridine rings is 1. The van der Waals surface area contributed by atoms with E-state index in [9.17, 15) is 18.0 Å². The SMILES string of the molecule is CC(C)C(=O)N1CCN(c2cc(S(=O)(=O)NC3(C)CC3)cc3nc(NC(=O)C45CC4C5)ccc23)CC1. The predicted octanol–water partition coefficient (Wildman–Crippen LogP) is 2.72. The highest BCUT2D eigenvalue weighted by molar-refractivity contribution is 7.89. The van der Waals surface area contributed by atoms with E-state index in [1.807, 2.05) is 31.7 Å². The van der Waals surface area contributed by atoms with Crippen LogP contribution in [0.25, 0.3) is 10.9 Å². The molecule has 2 N–H and O–H groups in total. The second-order valence-electron chi connectivity index (χ2n) is 11.6. The Morgan fingerprint density at radius 3 is 2.33 bits per heavy atom. The van der Waals surface area contributed by atoms with Crippen LogP contribution < -0.4 is 14.9 Å². The van der Waals surface area contributed by atoms with Crippen LogP contribution in [0.1, 0.15) is 46.5 Å². The Bertz CT molecular complexity index is 1370. The summed E-state index contributed by atoms with van der Waals surface area (Å²) in [5.74, 6) is 1.05. The average molecular weight is 512 g/mol. The van der Waals surface area contributed by atoms with Crippen LogP contribution in [0.2, 0.25) is 0 Å². The number of nitrogens with one attached hydrogen (secondary N) is 2. The highest BCUT2D eigenvalue weighted by atomic mass is 32.2. The molecule has 4 fully saturated rings. The molecule has 3 aliphatic carbocycles. The Morgan fingerprint density at radius 2 is 1.75 bits per heavy atom. The standard InChI is InChI=1S/C26H33N5O4S/c1-16(2)23(32)31-10-8-30(9-11-31)21-13-18(36(34,35)29-25(3)6-7-25)12-20-19(21)4-5-22(27-20)28-24(33)26-14-17(26)15-26/h4-5,12-13,16-17,29H,6-11,14-15H2,1-3H3,(H,27,28,33). The molecule has 1 aromatic heterocycles. The number of anilines is 2. The molecular weight excluding hydrogens is 478 g/mol. The van der Waals surface area contributed by atoms with E-state index in [0.29, 0.717) is 43.4 Å². The number of fused-ring (bicyclic) bond motifs is 2. The van der Waals surface area contributed by atoms with Gasteiger partial charge in [0.15, 0.2) is 0 Å². The van der Waals surface area contributed by atoms with Gasteiger partial charge in [0.05, 0.1) is 15.8 Å². The zero-order valence-corrected chi connectivity index (χ0v) is 21.8. The lowest BCUT2D eigenvalue weighted by molar-refractivity contribution is -0.134. The number of benzene rings is 1. The number of carbonyl (C=O) groups excluding carboxylic acids is 2. The lowest BCUT2D eigenvalue weighted by atomic mass is 10.1. The molecule has 0 atom stereocenters. The van der Waals surface area contributed by atoms with Gasteiger partial charge in [0.25, 0.3) is 0 Å². The van der Waals surface area contributed by atoms with Gasteiger partial charge in [-0.05, 0) is 62.8 Å². The quantitative estimate of drug-likeness (QED) is 0.591. The third-order valence-electron chi connectivity index (χ3n) is 8.25. The molecule has 0 bridgehead atoms. The van der Waals surface area contributed by atoms with Crippen LogP contribution in [-0.4, -0.2) is 61.8 Å². The molecule has 2 heterocycles. The first-order valence-corrected chi connectivity index (χ1v) is 14.3. The summed E-state index contributed by atoms with van der Waals surface area (Å²) in [6.45, 7) is 8.07. The second-order valence-corrected chi connectivity index (χ2v) is 13.2. The number of hydrogen-bond acceptors (Lipinski definition) is 6. The Balaban J connectivity index is 1.34. The van der Waals surface area contributed by atoms with Crippen molar-refractivity contribution in [3.05, 3.63) is 24.3 Å². The topological polar surface area (TPSA) is 112 Å². The summed E-state index contributed by atoms with van der Waals surface area (Å²) in [6.07, 6.45) is 3.54. The largest absolute Gasteiger partial charge is 0.367 e. The molecule has 2 aromatic rings. The van der Waals surface area contributed by atoms with Crippen molar-refractivity contribution >= 4 is 44.2 Å². The highest BCUT2D eigenvalue weighted by Gasteiger charge is 2.74. The summed E-state index contributed by atoms with van der Waals surface area (Å²) in [6, 6.07) is 7.00. The molecule has 9 nitrogen and oxygen atoms in total. The zero-order valence-electron chi connectivity index (χ0n) is 21.0. The number of amides is 2. The minimum absolute atomic E-state index is 0.0117.